The first-order chi connectivity index (χ1) is 10.0. The molecule has 1 heterocycles. The Labute approximate surface area is 126 Å². The number of rotatable bonds is 4. The van der Waals surface area contributed by atoms with E-state index in [2.05, 4.69) is 5.32 Å². The highest BCUT2D eigenvalue weighted by atomic mass is 32.2. The number of hydrogen-bond donors (Lipinski definition) is 1. The molecule has 1 aliphatic heterocycles. The Balaban J connectivity index is 2.41. The summed E-state index contributed by atoms with van der Waals surface area (Å²) in [6.45, 7) is 5.68. The summed E-state index contributed by atoms with van der Waals surface area (Å²) in [4.78, 5) is 0.244. The van der Waals surface area contributed by atoms with Crippen molar-refractivity contribution in [2.45, 2.75) is 37.6 Å². The lowest BCUT2D eigenvalue weighted by Crippen LogP contribution is -2.48. The summed E-state index contributed by atoms with van der Waals surface area (Å²) in [5.41, 5.74) is 1.05. The zero-order chi connectivity index (χ0) is 15.5. The van der Waals surface area contributed by atoms with Crippen LogP contribution in [0.2, 0.25) is 0 Å². The molecule has 0 radical (unpaired) electrons. The van der Waals surface area contributed by atoms with Crippen LogP contribution in [0.5, 0.6) is 0 Å². The molecule has 0 spiro atoms. The van der Waals surface area contributed by atoms with E-state index in [4.69, 9.17) is 5.26 Å². The highest BCUT2D eigenvalue weighted by Gasteiger charge is 2.32. The first-order valence-electron chi connectivity index (χ1n) is 7.24. The number of hydrogen-bond acceptors (Lipinski definition) is 4. The Morgan fingerprint density at radius 3 is 2.81 bits per heavy atom. The molecule has 1 unspecified atom stereocenters. The molecule has 2 rings (SSSR count). The number of nitrogens with one attached hydrogen (secondary N) is 1. The summed E-state index contributed by atoms with van der Waals surface area (Å²) in [6, 6.07) is 6.81. The first kappa shape index (κ1) is 16.0. The number of piperidine rings is 1. The van der Waals surface area contributed by atoms with Crippen molar-refractivity contribution in [3.05, 3.63) is 29.3 Å². The second-order valence-electron chi connectivity index (χ2n) is 5.30. The molecule has 0 aliphatic carbocycles. The third kappa shape index (κ3) is 3.26. The minimum atomic E-state index is -3.57. The summed E-state index contributed by atoms with van der Waals surface area (Å²) in [5.74, 6) is 0. The lowest BCUT2D eigenvalue weighted by molar-refractivity contribution is 0.274. The minimum absolute atomic E-state index is 0.0149. The van der Waals surface area contributed by atoms with Crippen LogP contribution >= 0.6 is 0 Å². The topological polar surface area (TPSA) is 73.2 Å². The van der Waals surface area contributed by atoms with Crippen molar-refractivity contribution in [1.29, 1.82) is 5.26 Å². The molecule has 6 heteroatoms. The largest absolute Gasteiger partial charge is 0.315 e. The molecule has 0 aromatic heterocycles. The van der Waals surface area contributed by atoms with E-state index in [0.29, 0.717) is 24.2 Å². The summed E-state index contributed by atoms with van der Waals surface area (Å²) in [5, 5.41) is 12.2. The van der Waals surface area contributed by atoms with Gasteiger partial charge in [0.05, 0.1) is 16.5 Å². The Hall–Kier alpha value is -1.42. The van der Waals surface area contributed by atoms with Crippen LogP contribution in [-0.2, 0) is 10.0 Å². The van der Waals surface area contributed by atoms with Gasteiger partial charge in [-0.25, -0.2) is 8.42 Å². The third-order valence-electron chi connectivity index (χ3n) is 3.89. The second kappa shape index (κ2) is 6.56. The van der Waals surface area contributed by atoms with Crippen LogP contribution in [0.3, 0.4) is 0 Å². The van der Waals surface area contributed by atoms with Gasteiger partial charge in [0.2, 0.25) is 10.0 Å². The van der Waals surface area contributed by atoms with Gasteiger partial charge in [-0.05, 0) is 44.0 Å². The zero-order valence-electron chi connectivity index (χ0n) is 12.5. The van der Waals surface area contributed by atoms with Gasteiger partial charge in [-0.2, -0.15) is 9.57 Å². The van der Waals surface area contributed by atoms with Crippen LogP contribution in [0.4, 0.5) is 0 Å². The van der Waals surface area contributed by atoms with Gasteiger partial charge in [-0.15, -0.1) is 0 Å². The fraction of sp³-hybridized carbons (Fsp3) is 0.533. The summed E-state index contributed by atoms with van der Waals surface area (Å²) in [6.07, 6.45) is 1.85. The smallest absolute Gasteiger partial charge is 0.243 e. The quantitative estimate of drug-likeness (QED) is 0.917. The summed E-state index contributed by atoms with van der Waals surface area (Å²) in [7, 11) is -3.57. The highest BCUT2D eigenvalue weighted by Crippen LogP contribution is 2.24. The standard InChI is InChI=1S/C15H21N3O2S/c1-3-18(14-5-4-8-17-11-14)21(19,20)15-9-13(10-16)7-6-12(15)2/h6-7,9,14,17H,3-5,8,11H2,1-2H3. The normalized spacial score (nSPS) is 19.4. The Bertz CT molecular complexity index is 643. The van der Waals surface area contributed by atoms with Crippen LogP contribution in [0, 0.1) is 18.3 Å². The van der Waals surface area contributed by atoms with E-state index < -0.39 is 10.0 Å². The van der Waals surface area contributed by atoms with Gasteiger partial charge < -0.3 is 5.32 Å². The molecular weight excluding hydrogens is 286 g/mol. The maximum Gasteiger partial charge on any atom is 0.243 e. The molecule has 1 fully saturated rings. The van der Waals surface area contributed by atoms with Crippen molar-refractivity contribution in [3.8, 4) is 6.07 Å². The molecule has 1 N–H and O–H groups in total. The van der Waals surface area contributed by atoms with Gasteiger partial charge >= 0.3 is 0 Å². The molecule has 1 saturated heterocycles. The Morgan fingerprint density at radius 2 is 2.24 bits per heavy atom. The Kier molecular flexibility index (Phi) is 4.99. The average Bonchev–Trinajstić information content (AvgIpc) is 2.49. The lowest BCUT2D eigenvalue weighted by Gasteiger charge is -2.33. The zero-order valence-corrected chi connectivity index (χ0v) is 13.3. The summed E-state index contributed by atoms with van der Waals surface area (Å²) < 4.78 is 27.4. The fourth-order valence-electron chi connectivity index (χ4n) is 2.78. The van der Waals surface area contributed by atoms with Crippen molar-refractivity contribution < 1.29 is 8.42 Å². The van der Waals surface area contributed by atoms with Crippen LogP contribution in [0.1, 0.15) is 30.9 Å². The van der Waals surface area contributed by atoms with Crippen LogP contribution in [-0.4, -0.2) is 38.4 Å². The number of nitrogens with zero attached hydrogens (tertiary/aromatic N) is 2. The second-order valence-corrected chi connectivity index (χ2v) is 7.16. The van der Waals surface area contributed by atoms with Crippen LogP contribution in [0.25, 0.3) is 0 Å². The van der Waals surface area contributed by atoms with Gasteiger partial charge in [-0.1, -0.05) is 13.0 Å². The van der Waals surface area contributed by atoms with E-state index >= 15 is 0 Å². The van der Waals surface area contributed by atoms with Crippen molar-refractivity contribution in [2.75, 3.05) is 19.6 Å². The molecule has 1 aromatic carbocycles. The summed E-state index contributed by atoms with van der Waals surface area (Å²) >= 11 is 0. The maximum absolute atomic E-state index is 12.9. The Morgan fingerprint density at radius 1 is 1.48 bits per heavy atom. The van der Waals surface area contributed by atoms with Crippen LogP contribution < -0.4 is 5.32 Å². The number of sulfonamides is 1. The molecule has 1 aliphatic rings. The van der Waals surface area contributed by atoms with Gasteiger partial charge in [0.1, 0.15) is 0 Å². The molecule has 5 nitrogen and oxygen atoms in total. The lowest BCUT2D eigenvalue weighted by atomic mass is 10.1. The molecule has 21 heavy (non-hydrogen) atoms. The SMILES string of the molecule is CCN(C1CCCNC1)S(=O)(=O)c1cc(C#N)ccc1C. The highest BCUT2D eigenvalue weighted by molar-refractivity contribution is 7.89. The first-order valence-corrected chi connectivity index (χ1v) is 8.68. The molecule has 0 amide bonds. The van der Waals surface area contributed by atoms with Crippen molar-refractivity contribution >= 4 is 10.0 Å². The number of likely N-dealkylation sites (N-methyl/N-ethyl adjacent to an activating group) is 1. The monoisotopic (exact) mass is 307 g/mol. The fourth-order valence-corrected chi connectivity index (χ4v) is 4.69. The molecule has 1 aromatic rings. The molecule has 114 valence electrons. The minimum Gasteiger partial charge on any atom is -0.315 e. The van der Waals surface area contributed by atoms with E-state index in [1.165, 1.54) is 6.07 Å². The van der Waals surface area contributed by atoms with E-state index in [-0.39, 0.29) is 10.9 Å². The predicted molar refractivity (Wildman–Crippen MR) is 81.4 cm³/mol. The molecular formula is C15H21N3O2S. The third-order valence-corrected chi connectivity index (χ3v) is 6.06. The van der Waals surface area contributed by atoms with Crippen molar-refractivity contribution in [1.82, 2.24) is 9.62 Å². The molecule has 0 bridgehead atoms. The number of nitriles is 1. The van der Waals surface area contributed by atoms with Gasteiger partial charge in [0.25, 0.3) is 0 Å². The van der Waals surface area contributed by atoms with E-state index in [1.807, 2.05) is 13.0 Å². The number of aryl methyl sites for hydroxylation is 1. The van der Waals surface area contributed by atoms with E-state index in [0.717, 1.165) is 19.4 Å². The van der Waals surface area contributed by atoms with Gasteiger partial charge in [0.15, 0.2) is 0 Å². The molecule has 0 saturated carbocycles. The predicted octanol–water partition coefficient (Wildman–Crippen LogP) is 1.63. The van der Waals surface area contributed by atoms with Gasteiger partial charge in [0, 0.05) is 19.1 Å². The molecule has 1 atom stereocenters. The van der Waals surface area contributed by atoms with Gasteiger partial charge in [-0.3, -0.25) is 0 Å². The number of benzene rings is 1. The van der Waals surface area contributed by atoms with E-state index in [1.54, 1.807) is 23.4 Å². The average molecular weight is 307 g/mol. The van der Waals surface area contributed by atoms with Crippen LogP contribution in [0.15, 0.2) is 23.1 Å². The van der Waals surface area contributed by atoms with E-state index in [9.17, 15) is 8.42 Å². The maximum atomic E-state index is 12.9. The van der Waals surface area contributed by atoms with Crippen molar-refractivity contribution in [2.24, 2.45) is 0 Å². The van der Waals surface area contributed by atoms with Crippen molar-refractivity contribution in [3.63, 3.8) is 0 Å².